The van der Waals surface area contributed by atoms with Crippen LogP contribution in [0.15, 0.2) is 12.1 Å². The Labute approximate surface area is 116 Å². The largest absolute Gasteiger partial charge is 0.497 e. The molecule has 0 bridgehead atoms. The van der Waals surface area contributed by atoms with Gasteiger partial charge in [-0.05, 0) is 31.0 Å². The van der Waals surface area contributed by atoms with Crippen molar-refractivity contribution in [3.63, 3.8) is 0 Å². The lowest BCUT2D eigenvalue weighted by Gasteiger charge is -2.23. The Morgan fingerprint density at radius 3 is 2.85 bits per heavy atom. The molecule has 1 aliphatic rings. The van der Waals surface area contributed by atoms with E-state index in [2.05, 4.69) is 4.98 Å². The monoisotopic (exact) mass is 275 g/mol. The molecule has 0 amide bonds. The second-order valence-electron chi connectivity index (χ2n) is 5.37. The number of hydrogen-bond acceptors (Lipinski definition) is 3. The van der Waals surface area contributed by atoms with Gasteiger partial charge in [0.2, 0.25) is 0 Å². The number of hydrogen-bond donors (Lipinski definition) is 3. The van der Waals surface area contributed by atoms with Crippen LogP contribution in [-0.4, -0.2) is 28.3 Å². The average molecular weight is 275 g/mol. The van der Waals surface area contributed by atoms with E-state index in [0.717, 1.165) is 33.5 Å². The molecule has 0 aliphatic heterocycles. The molecule has 0 saturated heterocycles. The highest BCUT2D eigenvalue weighted by Gasteiger charge is 2.33. The van der Waals surface area contributed by atoms with Gasteiger partial charge in [0, 0.05) is 28.6 Å². The second-order valence-corrected chi connectivity index (χ2v) is 5.37. The maximum Gasteiger partial charge on any atom is 0.306 e. The fourth-order valence-corrected chi connectivity index (χ4v) is 3.08. The normalized spacial score (nSPS) is 21.8. The van der Waals surface area contributed by atoms with Gasteiger partial charge in [-0.25, -0.2) is 0 Å². The number of fused-ring (bicyclic) bond motifs is 3. The van der Waals surface area contributed by atoms with Gasteiger partial charge in [-0.2, -0.15) is 0 Å². The molecule has 1 aliphatic carbocycles. The minimum Gasteiger partial charge on any atom is -0.497 e. The van der Waals surface area contributed by atoms with Crippen molar-refractivity contribution in [3.05, 3.63) is 29.0 Å². The second kappa shape index (κ2) is 4.52. The Kier molecular flexibility index (Phi) is 2.94. The van der Waals surface area contributed by atoms with E-state index in [1.54, 1.807) is 7.11 Å². The van der Waals surface area contributed by atoms with Crippen molar-refractivity contribution in [2.45, 2.75) is 25.9 Å². The van der Waals surface area contributed by atoms with Crippen LogP contribution in [0.4, 0.5) is 0 Å². The fraction of sp³-hybridized carbons (Fsp3) is 0.400. The quantitative estimate of drug-likeness (QED) is 0.784. The molecule has 1 aromatic carbocycles. The number of carboxylic acids is 1. The van der Waals surface area contributed by atoms with Gasteiger partial charge in [0.1, 0.15) is 5.75 Å². The minimum absolute atomic E-state index is 0.256. The lowest BCUT2D eigenvalue weighted by Crippen LogP contribution is -2.24. The summed E-state index contributed by atoms with van der Waals surface area (Å²) in [7, 11) is 1.61. The predicted octanol–water partition coefficient (Wildman–Crippen LogP) is 2.17. The van der Waals surface area contributed by atoms with E-state index in [4.69, 9.17) is 9.84 Å². The number of aromatic nitrogens is 1. The van der Waals surface area contributed by atoms with Crippen molar-refractivity contribution in [1.29, 1.82) is 0 Å². The Morgan fingerprint density at radius 2 is 2.20 bits per heavy atom. The van der Waals surface area contributed by atoms with Crippen LogP contribution in [0.3, 0.4) is 0 Å². The summed E-state index contributed by atoms with van der Waals surface area (Å²) in [5.41, 5.74) is 3.61. The highest BCUT2D eigenvalue weighted by molar-refractivity contribution is 5.89. The Bertz CT molecular complexity index is 689. The number of H-pyrrole nitrogens is 1. The Morgan fingerprint density at radius 1 is 1.45 bits per heavy atom. The molecule has 3 N–H and O–H groups in total. The molecule has 5 nitrogen and oxygen atoms in total. The highest BCUT2D eigenvalue weighted by atomic mass is 16.5. The van der Waals surface area contributed by atoms with Gasteiger partial charge in [0.05, 0.1) is 19.1 Å². The first kappa shape index (κ1) is 13.0. The van der Waals surface area contributed by atoms with Crippen molar-refractivity contribution in [1.82, 2.24) is 4.98 Å². The van der Waals surface area contributed by atoms with E-state index in [9.17, 15) is 9.90 Å². The van der Waals surface area contributed by atoms with Crippen LogP contribution in [0.5, 0.6) is 5.75 Å². The van der Waals surface area contributed by atoms with Gasteiger partial charge in [0.25, 0.3) is 0 Å². The maximum absolute atomic E-state index is 11.1. The third-order valence-electron chi connectivity index (χ3n) is 4.08. The molecule has 2 unspecified atom stereocenters. The van der Waals surface area contributed by atoms with E-state index in [0.29, 0.717) is 6.42 Å². The fourth-order valence-electron chi connectivity index (χ4n) is 3.08. The zero-order valence-corrected chi connectivity index (χ0v) is 11.4. The van der Waals surface area contributed by atoms with Crippen molar-refractivity contribution < 1.29 is 19.7 Å². The number of aryl methyl sites for hydroxylation is 1. The van der Waals surface area contributed by atoms with Gasteiger partial charge in [-0.15, -0.1) is 0 Å². The first-order valence-electron chi connectivity index (χ1n) is 6.61. The van der Waals surface area contributed by atoms with Crippen LogP contribution in [0, 0.1) is 12.8 Å². The molecule has 2 atom stereocenters. The summed E-state index contributed by atoms with van der Waals surface area (Å²) in [6.07, 6.45) is -0.0657. The number of rotatable bonds is 2. The molecular weight excluding hydrogens is 258 g/mol. The topological polar surface area (TPSA) is 82.5 Å². The van der Waals surface area contributed by atoms with E-state index in [-0.39, 0.29) is 6.42 Å². The van der Waals surface area contributed by atoms with Crippen LogP contribution in [-0.2, 0) is 11.2 Å². The zero-order valence-electron chi connectivity index (χ0n) is 11.4. The first-order valence-corrected chi connectivity index (χ1v) is 6.61. The van der Waals surface area contributed by atoms with Gasteiger partial charge in [-0.3, -0.25) is 4.79 Å². The number of carbonyl (C=O) groups is 1. The number of methoxy groups -OCH3 is 1. The molecule has 106 valence electrons. The molecule has 1 aromatic heterocycles. The number of aliphatic hydroxyl groups is 1. The zero-order chi connectivity index (χ0) is 14.4. The summed E-state index contributed by atoms with van der Waals surface area (Å²) in [5, 5.41) is 20.4. The van der Waals surface area contributed by atoms with Crippen molar-refractivity contribution in [3.8, 4) is 5.75 Å². The van der Waals surface area contributed by atoms with Crippen LogP contribution in [0.2, 0.25) is 0 Å². The highest BCUT2D eigenvalue weighted by Crippen LogP contribution is 2.40. The lowest BCUT2D eigenvalue weighted by atomic mass is 9.85. The summed E-state index contributed by atoms with van der Waals surface area (Å²) in [6.45, 7) is 1.97. The number of carboxylic acid groups (broad SMARTS) is 1. The number of aromatic amines is 1. The molecule has 0 spiro atoms. The van der Waals surface area contributed by atoms with Crippen LogP contribution >= 0.6 is 0 Å². The smallest absolute Gasteiger partial charge is 0.306 e. The first-order chi connectivity index (χ1) is 9.51. The standard InChI is InChI=1S/C15H17NO4/c1-7-3-9(20-2)6-10-13-11(16-14(7)10)4-8(15(18)19)5-12(13)17/h3,6,8,12,16-17H,4-5H2,1-2H3,(H,18,19). The third-order valence-corrected chi connectivity index (χ3v) is 4.08. The van der Waals surface area contributed by atoms with Gasteiger partial charge in [0.15, 0.2) is 0 Å². The van der Waals surface area contributed by atoms with Crippen molar-refractivity contribution >= 4 is 16.9 Å². The number of nitrogens with one attached hydrogen (secondary N) is 1. The molecule has 3 rings (SSSR count). The molecule has 5 heteroatoms. The van der Waals surface area contributed by atoms with E-state index in [1.807, 2.05) is 19.1 Å². The van der Waals surface area contributed by atoms with Crippen LogP contribution in [0.1, 0.15) is 29.3 Å². The molecular formula is C15H17NO4. The number of aliphatic carboxylic acids is 1. The molecule has 0 saturated carbocycles. The maximum atomic E-state index is 11.1. The number of benzene rings is 1. The molecule has 2 aromatic rings. The Balaban J connectivity index is 2.19. The molecule has 0 radical (unpaired) electrons. The number of ether oxygens (including phenoxy) is 1. The van der Waals surface area contributed by atoms with Crippen molar-refractivity contribution in [2.24, 2.45) is 5.92 Å². The number of aliphatic hydroxyl groups excluding tert-OH is 1. The lowest BCUT2D eigenvalue weighted by molar-refractivity contribution is -0.143. The summed E-state index contributed by atoms with van der Waals surface area (Å²) >= 11 is 0. The molecule has 0 fully saturated rings. The van der Waals surface area contributed by atoms with E-state index >= 15 is 0 Å². The van der Waals surface area contributed by atoms with E-state index in [1.165, 1.54) is 0 Å². The van der Waals surface area contributed by atoms with Crippen molar-refractivity contribution in [2.75, 3.05) is 7.11 Å². The summed E-state index contributed by atoms with van der Waals surface area (Å²) in [5.74, 6) is -0.653. The predicted molar refractivity (Wildman–Crippen MR) is 74.0 cm³/mol. The third kappa shape index (κ3) is 1.86. The average Bonchev–Trinajstić information content (AvgIpc) is 2.78. The molecule has 20 heavy (non-hydrogen) atoms. The Hall–Kier alpha value is -2.01. The van der Waals surface area contributed by atoms with E-state index < -0.39 is 18.0 Å². The SMILES string of the molecule is COc1cc(C)c2[nH]c3c(c2c1)C(O)CC(C(=O)O)C3. The van der Waals surface area contributed by atoms with Gasteiger partial charge < -0.3 is 19.9 Å². The summed E-state index contributed by atoms with van der Waals surface area (Å²) in [4.78, 5) is 14.4. The molecule has 1 heterocycles. The summed E-state index contributed by atoms with van der Waals surface area (Å²) in [6, 6.07) is 3.81. The summed E-state index contributed by atoms with van der Waals surface area (Å²) < 4.78 is 5.27. The van der Waals surface area contributed by atoms with Gasteiger partial charge >= 0.3 is 5.97 Å². The van der Waals surface area contributed by atoms with Crippen LogP contribution in [0.25, 0.3) is 10.9 Å². The minimum atomic E-state index is -0.859. The van der Waals surface area contributed by atoms with Crippen LogP contribution < -0.4 is 4.74 Å². The van der Waals surface area contributed by atoms with Gasteiger partial charge in [-0.1, -0.05) is 0 Å².